The van der Waals surface area contributed by atoms with Crippen LogP contribution in [0.25, 0.3) is 0 Å². The highest BCUT2D eigenvalue weighted by molar-refractivity contribution is 6.02. The smallest absolute Gasteiger partial charge is 0.306 e. The molecule has 0 spiro atoms. The molecule has 0 bridgehead atoms. The van der Waals surface area contributed by atoms with E-state index in [4.69, 9.17) is 0 Å². The van der Waals surface area contributed by atoms with E-state index in [-0.39, 0.29) is 23.5 Å². The number of hydrogen-bond acceptors (Lipinski definition) is 4. The van der Waals surface area contributed by atoms with Gasteiger partial charge in [-0.25, -0.2) is 0 Å². The Morgan fingerprint density at radius 1 is 0.913 bits per heavy atom. The largest absolute Gasteiger partial charge is 0.507 e. The number of rotatable bonds is 7. The number of carboxylic acids is 1. The summed E-state index contributed by atoms with van der Waals surface area (Å²) < 4.78 is 0. The predicted octanol–water partition coefficient (Wildman–Crippen LogP) is 3.00. The van der Waals surface area contributed by atoms with Gasteiger partial charge in [0.15, 0.2) is 5.78 Å². The van der Waals surface area contributed by atoms with Crippen molar-refractivity contribution < 1.29 is 24.9 Å². The van der Waals surface area contributed by atoms with Gasteiger partial charge in [-0.05, 0) is 30.5 Å². The first-order chi connectivity index (χ1) is 11.0. The maximum absolute atomic E-state index is 12.2. The third kappa shape index (κ3) is 4.32. The Hall–Kier alpha value is -2.82. The number of phenolic OH excluding ortho intramolecular Hbond substituents is 2. The number of aryl methyl sites for hydroxylation is 1. The van der Waals surface area contributed by atoms with Crippen LogP contribution in [0.4, 0.5) is 0 Å². The fourth-order valence-corrected chi connectivity index (χ4v) is 2.44. The summed E-state index contributed by atoms with van der Waals surface area (Å²) in [5, 5.41) is 28.7. The molecule has 2 rings (SSSR count). The number of ketones is 1. The zero-order valence-corrected chi connectivity index (χ0v) is 12.5. The van der Waals surface area contributed by atoms with Gasteiger partial charge in [0.1, 0.15) is 17.1 Å². The van der Waals surface area contributed by atoms with Crippen molar-refractivity contribution in [2.75, 3.05) is 0 Å². The lowest BCUT2D eigenvalue weighted by molar-refractivity contribution is -0.141. The van der Waals surface area contributed by atoms with Crippen molar-refractivity contribution in [3.63, 3.8) is 0 Å². The zero-order valence-electron chi connectivity index (χ0n) is 12.5. The summed E-state index contributed by atoms with van der Waals surface area (Å²) in [5.41, 5.74) is 0.773. The first-order valence-corrected chi connectivity index (χ1v) is 7.30. The molecule has 0 aliphatic heterocycles. The summed E-state index contributed by atoms with van der Waals surface area (Å²) in [6, 6.07) is 13.4. The lowest BCUT2D eigenvalue weighted by Crippen LogP contribution is -2.19. The molecule has 23 heavy (non-hydrogen) atoms. The molecule has 0 aliphatic rings. The molecule has 0 unspecified atom stereocenters. The quantitative estimate of drug-likeness (QED) is 0.683. The average molecular weight is 314 g/mol. The molecule has 0 saturated heterocycles. The van der Waals surface area contributed by atoms with Gasteiger partial charge in [-0.2, -0.15) is 0 Å². The summed E-state index contributed by atoms with van der Waals surface area (Å²) >= 11 is 0. The van der Waals surface area contributed by atoms with Gasteiger partial charge < -0.3 is 15.3 Å². The second kappa shape index (κ2) is 7.45. The lowest BCUT2D eigenvalue weighted by atomic mass is 9.92. The van der Waals surface area contributed by atoms with Crippen LogP contribution in [-0.2, 0) is 11.2 Å². The number of phenols is 2. The molecule has 0 aliphatic carbocycles. The Labute approximate surface area is 133 Å². The van der Waals surface area contributed by atoms with E-state index < -0.39 is 17.7 Å². The molecular formula is C18H18O5. The fourth-order valence-electron chi connectivity index (χ4n) is 2.44. The van der Waals surface area contributed by atoms with Gasteiger partial charge in [0.25, 0.3) is 0 Å². The summed E-state index contributed by atoms with van der Waals surface area (Å²) in [6.45, 7) is 0. The van der Waals surface area contributed by atoms with Crippen LogP contribution in [0.5, 0.6) is 11.5 Å². The molecule has 0 amide bonds. The molecule has 0 saturated carbocycles. The van der Waals surface area contributed by atoms with E-state index in [1.807, 2.05) is 30.3 Å². The van der Waals surface area contributed by atoms with Gasteiger partial charge in [-0.3, -0.25) is 9.59 Å². The minimum atomic E-state index is -1.07. The number of hydrogen-bond donors (Lipinski definition) is 3. The molecule has 0 heterocycles. The number of benzene rings is 2. The molecule has 2 aromatic carbocycles. The van der Waals surface area contributed by atoms with E-state index in [0.717, 1.165) is 5.56 Å². The van der Waals surface area contributed by atoms with E-state index in [2.05, 4.69) is 0 Å². The van der Waals surface area contributed by atoms with E-state index in [0.29, 0.717) is 12.8 Å². The van der Waals surface area contributed by atoms with Crippen molar-refractivity contribution in [3.8, 4) is 11.5 Å². The third-order valence-corrected chi connectivity index (χ3v) is 3.70. The van der Waals surface area contributed by atoms with E-state index in [1.165, 1.54) is 18.2 Å². The van der Waals surface area contributed by atoms with Crippen LogP contribution in [0.15, 0.2) is 48.5 Å². The molecule has 3 N–H and O–H groups in total. The lowest BCUT2D eigenvalue weighted by Gasteiger charge is -2.13. The SMILES string of the molecule is O=C(C[C@@H](CCc1ccccc1)C(=O)O)c1c(O)cccc1O. The maximum atomic E-state index is 12.2. The van der Waals surface area contributed by atoms with Gasteiger partial charge in [-0.15, -0.1) is 0 Å². The molecule has 2 aromatic rings. The van der Waals surface area contributed by atoms with Gasteiger partial charge in [0.05, 0.1) is 5.92 Å². The summed E-state index contributed by atoms with van der Waals surface area (Å²) in [6.07, 6.45) is 0.574. The van der Waals surface area contributed by atoms with Crippen LogP contribution in [-0.4, -0.2) is 27.1 Å². The second-order valence-corrected chi connectivity index (χ2v) is 5.36. The van der Waals surface area contributed by atoms with E-state index in [1.54, 1.807) is 0 Å². The second-order valence-electron chi connectivity index (χ2n) is 5.36. The molecule has 5 nitrogen and oxygen atoms in total. The molecule has 120 valence electrons. The van der Waals surface area contributed by atoms with Gasteiger partial charge >= 0.3 is 5.97 Å². The number of carbonyl (C=O) groups excluding carboxylic acids is 1. The Bertz CT molecular complexity index is 674. The Morgan fingerprint density at radius 2 is 1.52 bits per heavy atom. The Morgan fingerprint density at radius 3 is 2.09 bits per heavy atom. The van der Waals surface area contributed by atoms with Crippen LogP contribution < -0.4 is 0 Å². The number of aliphatic carboxylic acids is 1. The van der Waals surface area contributed by atoms with Gasteiger partial charge in [0.2, 0.25) is 0 Å². The van der Waals surface area contributed by atoms with Crippen LogP contribution >= 0.6 is 0 Å². The highest BCUT2D eigenvalue weighted by Gasteiger charge is 2.25. The average Bonchev–Trinajstić information content (AvgIpc) is 2.52. The van der Waals surface area contributed by atoms with Crippen LogP contribution in [0.1, 0.15) is 28.8 Å². The molecule has 0 fully saturated rings. The van der Waals surface area contributed by atoms with Crippen molar-refractivity contribution in [2.24, 2.45) is 5.92 Å². The van der Waals surface area contributed by atoms with Crippen molar-refractivity contribution in [3.05, 3.63) is 59.7 Å². The fraction of sp³-hybridized carbons (Fsp3) is 0.222. The predicted molar refractivity (Wildman–Crippen MR) is 84.6 cm³/mol. The van der Waals surface area contributed by atoms with Crippen molar-refractivity contribution in [1.82, 2.24) is 0 Å². The first-order valence-electron chi connectivity index (χ1n) is 7.30. The van der Waals surface area contributed by atoms with Gasteiger partial charge in [-0.1, -0.05) is 36.4 Å². The van der Waals surface area contributed by atoms with Crippen molar-refractivity contribution in [2.45, 2.75) is 19.3 Å². The van der Waals surface area contributed by atoms with Crippen LogP contribution in [0.3, 0.4) is 0 Å². The third-order valence-electron chi connectivity index (χ3n) is 3.70. The van der Waals surface area contributed by atoms with E-state index in [9.17, 15) is 24.9 Å². The summed E-state index contributed by atoms with van der Waals surface area (Å²) in [7, 11) is 0. The van der Waals surface area contributed by atoms with Crippen molar-refractivity contribution >= 4 is 11.8 Å². The standard InChI is InChI=1S/C18H18O5/c19-14-7-4-8-15(20)17(14)16(21)11-13(18(22)23)10-9-12-5-2-1-3-6-12/h1-8,13,19-20H,9-11H2,(H,22,23)/t13-/m1/s1. The number of Topliss-reactive ketones (excluding diaryl/α,β-unsaturated/α-hetero) is 1. The molecular weight excluding hydrogens is 296 g/mol. The number of carboxylic acid groups (broad SMARTS) is 1. The van der Waals surface area contributed by atoms with Crippen LogP contribution in [0, 0.1) is 5.92 Å². The summed E-state index contributed by atoms with van der Waals surface area (Å²) in [4.78, 5) is 23.6. The number of aromatic hydroxyl groups is 2. The number of carbonyl (C=O) groups is 2. The first kappa shape index (κ1) is 16.5. The van der Waals surface area contributed by atoms with E-state index >= 15 is 0 Å². The normalized spacial score (nSPS) is 11.8. The highest BCUT2D eigenvalue weighted by Crippen LogP contribution is 2.29. The molecule has 0 aromatic heterocycles. The Kier molecular flexibility index (Phi) is 5.36. The highest BCUT2D eigenvalue weighted by atomic mass is 16.4. The van der Waals surface area contributed by atoms with Crippen molar-refractivity contribution in [1.29, 1.82) is 0 Å². The minimum absolute atomic E-state index is 0.224. The van der Waals surface area contributed by atoms with Crippen LogP contribution in [0.2, 0.25) is 0 Å². The molecule has 0 radical (unpaired) electrons. The molecule has 5 heteroatoms. The maximum Gasteiger partial charge on any atom is 0.306 e. The minimum Gasteiger partial charge on any atom is -0.507 e. The van der Waals surface area contributed by atoms with Gasteiger partial charge in [0, 0.05) is 6.42 Å². The topological polar surface area (TPSA) is 94.8 Å². The monoisotopic (exact) mass is 314 g/mol. The molecule has 1 atom stereocenters. The Balaban J connectivity index is 2.07. The zero-order chi connectivity index (χ0) is 16.8. The summed E-state index contributed by atoms with van der Waals surface area (Å²) in [5.74, 6) is -3.21.